The van der Waals surface area contributed by atoms with Gasteiger partial charge in [-0.05, 0) is 56.6 Å². The molecule has 0 atom stereocenters. The summed E-state index contributed by atoms with van der Waals surface area (Å²) >= 11 is 3.44. The molecule has 1 saturated heterocycles. The van der Waals surface area contributed by atoms with Crippen LogP contribution >= 0.6 is 15.9 Å². The number of carbonyl (C=O) groups is 1. The third kappa shape index (κ3) is 4.60. The average Bonchev–Trinajstić information content (AvgIpc) is 2.42. The first-order valence-corrected chi connectivity index (χ1v) is 7.33. The molecule has 0 unspecified atom stereocenters. The lowest BCUT2D eigenvalue weighted by Gasteiger charge is -2.22. The Bertz CT molecular complexity index is 445. The molecule has 1 amide bonds. The van der Waals surface area contributed by atoms with E-state index >= 15 is 0 Å². The molecule has 1 aromatic rings. The van der Waals surface area contributed by atoms with E-state index in [9.17, 15) is 4.79 Å². The third-order valence-corrected chi connectivity index (χ3v) is 4.07. The van der Waals surface area contributed by atoms with Gasteiger partial charge in [0.25, 0.3) is 0 Å². The zero-order chi connectivity index (χ0) is 13.7. The number of carbonyl (C=O) groups excluding carboxylic acids is 1. The third-order valence-electron chi connectivity index (χ3n) is 3.18. The quantitative estimate of drug-likeness (QED) is 0.893. The summed E-state index contributed by atoms with van der Waals surface area (Å²) in [4.78, 5) is 11.8. The number of ether oxygens (including phenoxy) is 1. The van der Waals surface area contributed by atoms with Crippen molar-refractivity contribution in [3.8, 4) is 0 Å². The monoisotopic (exact) mass is 326 g/mol. The normalized spacial score (nSPS) is 16.3. The van der Waals surface area contributed by atoms with Crippen LogP contribution in [0.4, 0.5) is 5.69 Å². The number of anilines is 1. The molecule has 0 spiro atoms. The highest BCUT2D eigenvalue weighted by Gasteiger charge is 2.14. The van der Waals surface area contributed by atoms with Crippen molar-refractivity contribution in [1.82, 2.24) is 5.32 Å². The molecular formula is C14H19BrN2O2. The summed E-state index contributed by atoms with van der Waals surface area (Å²) in [6, 6.07) is 5.74. The highest BCUT2D eigenvalue weighted by atomic mass is 79.9. The van der Waals surface area contributed by atoms with Crippen LogP contribution in [-0.2, 0) is 9.53 Å². The van der Waals surface area contributed by atoms with Gasteiger partial charge in [0, 0.05) is 10.2 Å². The van der Waals surface area contributed by atoms with Gasteiger partial charge in [0.2, 0.25) is 5.91 Å². The molecule has 19 heavy (non-hydrogen) atoms. The molecule has 0 radical (unpaired) electrons. The highest BCUT2D eigenvalue weighted by Crippen LogP contribution is 2.20. The van der Waals surface area contributed by atoms with Crippen LogP contribution < -0.4 is 10.6 Å². The van der Waals surface area contributed by atoms with E-state index in [1.54, 1.807) is 0 Å². The van der Waals surface area contributed by atoms with Crippen molar-refractivity contribution in [3.63, 3.8) is 0 Å². The summed E-state index contributed by atoms with van der Waals surface area (Å²) < 4.78 is 6.65. The van der Waals surface area contributed by atoms with E-state index in [0.717, 1.165) is 41.7 Å². The second-order valence-corrected chi connectivity index (χ2v) is 5.63. The lowest BCUT2D eigenvalue weighted by Crippen LogP contribution is -2.34. The predicted octanol–water partition coefficient (Wildman–Crippen LogP) is 2.46. The lowest BCUT2D eigenvalue weighted by molar-refractivity contribution is -0.123. The number of hydrogen-bond acceptors (Lipinski definition) is 3. The minimum Gasteiger partial charge on any atom is -0.368 e. The Hall–Kier alpha value is -0.910. The van der Waals surface area contributed by atoms with Gasteiger partial charge < -0.3 is 15.4 Å². The first-order valence-electron chi connectivity index (χ1n) is 6.53. The Labute approximate surface area is 122 Å². The number of piperidine rings is 1. The molecule has 1 aromatic carbocycles. The number of hydrogen-bond donors (Lipinski definition) is 2. The van der Waals surface area contributed by atoms with E-state index in [2.05, 4.69) is 26.6 Å². The second-order valence-electron chi connectivity index (χ2n) is 4.77. The Morgan fingerprint density at radius 1 is 1.47 bits per heavy atom. The Kier molecular flexibility index (Phi) is 5.36. The van der Waals surface area contributed by atoms with Gasteiger partial charge in [-0.15, -0.1) is 0 Å². The lowest BCUT2D eigenvalue weighted by atomic mass is 10.1. The molecular weight excluding hydrogens is 308 g/mol. The summed E-state index contributed by atoms with van der Waals surface area (Å²) in [6.45, 7) is 4.06. The molecule has 2 N–H and O–H groups in total. The summed E-state index contributed by atoms with van der Waals surface area (Å²) in [6.07, 6.45) is 2.16. The fourth-order valence-corrected chi connectivity index (χ4v) is 2.32. The first-order chi connectivity index (χ1) is 9.15. The van der Waals surface area contributed by atoms with Gasteiger partial charge in [0.05, 0.1) is 6.10 Å². The van der Waals surface area contributed by atoms with Gasteiger partial charge >= 0.3 is 0 Å². The molecule has 0 aromatic heterocycles. The SMILES string of the molecule is Cc1cc(NC(=O)COC2CCNCC2)ccc1Br. The van der Waals surface area contributed by atoms with E-state index in [0.29, 0.717) is 0 Å². The van der Waals surface area contributed by atoms with Crippen LogP contribution in [-0.4, -0.2) is 31.7 Å². The van der Waals surface area contributed by atoms with Crippen molar-refractivity contribution in [2.45, 2.75) is 25.9 Å². The molecule has 5 heteroatoms. The fourth-order valence-electron chi connectivity index (χ4n) is 2.08. The van der Waals surface area contributed by atoms with Gasteiger partial charge in [0.15, 0.2) is 0 Å². The maximum absolute atomic E-state index is 11.8. The van der Waals surface area contributed by atoms with Crippen molar-refractivity contribution in [2.75, 3.05) is 25.0 Å². The number of aryl methyl sites for hydroxylation is 1. The Balaban J connectivity index is 1.78. The van der Waals surface area contributed by atoms with Crippen molar-refractivity contribution >= 4 is 27.5 Å². The van der Waals surface area contributed by atoms with Crippen LogP contribution in [0, 0.1) is 6.92 Å². The van der Waals surface area contributed by atoms with Crippen molar-refractivity contribution in [1.29, 1.82) is 0 Å². The minimum absolute atomic E-state index is 0.0970. The van der Waals surface area contributed by atoms with Crippen molar-refractivity contribution in [3.05, 3.63) is 28.2 Å². The molecule has 0 bridgehead atoms. The summed E-state index contributed by atoms with van der Waals surface area (Å²) in [5.41, 5.74) is 1.90. The topological polar surface area (TPSA) is 50.4 Å². The maximum Gasteiger partial charge on any atom is 0.250 e. The Morgan fingerprint density at radius 2 is 2.21 bits per heavy atom. The zero-order valence-electron chi connectivity index (χ0n) is 11.0. The van der Waals surface area contributed by atoms with Crippen LogP contribution in [0.1, 0.15) is 18.4 Å². The van der Waals surface area contributed by atoms with E-state index in [1.165, 1.54) is 0 Å². The van der Waals surface area contributed by atoms with Gasteiger partial charge in [-0.2, -0.15) is 0 Å². The van der Waals surface area contributed by atoms with Crippen LogP contribution in [0.25, 0.3) is 0 Å². The maximum atomic E-state index is 11.8. The largest absolute Gasteiger partial charge is 0.368 e. The standard InChI is InChI=1S/C14H19BrN2O2/c1-10-8-11(2-3-13(10)15)17-14(18)9-19-12-4-6-16-7-5-12/h2-3,8,12,16H,4-7,9H2,1H3,(H,17,18). The fraction of sp³-hybridized carbons (Fsp3) is 0.500. The van der Waals surface area contributed by atoms with E-state index in [1.807, 2.05) is 25.1 Å². The van der Waals surface area contributed by atoms with Crippen LogP contribution in [0.3, 0.4) is 0 Å². The first kappa shape index (κ1) is 14.5. The minimum atomic E-state index is -0.0970. The second kappa shape index (κ2) is 7.03. The number of halogens is 1. The van der Waals surface area contributed by atoms with Gasteiger partial charge in [-0.1, -0.05) is 15.9 Å². The summed E-state index contributed by atoms with van der Waals surface area (Å²) in [7, 11) is 0. The predicted molar refractivity (Wildman–Crippen MR) is 79.4 cm³/mol. The number of nitrogens with one attached hydrogen (secondary N) is 2. The van der Waals surface area contributed by atoms with Crippen LogP contribution in [0.2, 0.25) is 0 Å². The zero-order valence-corrected chi connectivity index (χ0v) is 12.6. The van der Waals surface area contributed by atoms with Gasteiger partial charge in [0.1, 0.15) is 6.61 Å². The van der Waals surface area contributed by atoms with Crippen molar-refractivity contribution in [2.24, 2.45) is 0 Å². The molecule has 1 aliphatic heterocycles. The summed E-state index contributed by atoms with van der Waals surface area (Å²) in [5, 5.41) is 6.12. The number of amides is 1. The van der Waals surface area contributed by atoms with Gasteiger partial charge in [-0.25, -0.2) is 0 Å². The molecule has 1 heterocycles. The highest BCUT2D eigenvalue weighted by molar-refractivity contribution is 9.10. The summed E-state index contributed by atoms with van der Waals surface area (Å²) in [5.74, 6) is -0.0970. The van der Waals surface area contributed by atoms with E-state index in [-0.39, 0.29) is 18.6 Å². The number of rotatable bonds is 4. The molecule has 1 aliphatic rings. The van der Waals surface area contributed by atoms with E-state index in [4.69, 9.17) is 4.74 Å². The Morgan fingerprint density at radius 3 is 2.89 bits per heavy atom. The van der Waals surface area contributed by atoms with E-state index < -0.39 is 0 Å². The molecule has 104 valence electrons. The molecule has 2 rings (SSSR count). The molecule has 0 saturated carbocycles. The molecule has 1 fully saturated rings. The smallest absolute Gasteiger partial charge is 0.250 e. The average molecular weight is 327 g/mol. The molecule has 4 nitrogen and oxygen atoms in total. The van der Waals surface area contributed by atoms with Crippen molar-refractivity contribution < 1.29 is 9.53 Å². The molecule has 0 aliphatic carbocycles. The van der Waals surface area contributed by atoms with Crippen LogP contribution in [0.5, 0.6) is 0 Å². The van der Waals surface area contributed by atoms with Crippen LogP contribution in [0.15, 0.2) is 22.7 Å². The van der Waals surface area contributed by atoms with Gasteiger partial charge in [-0.3, -0.25) is 4.79 Å². The number of benzene rings is 1.